The predicted octanol–water partition coefficient (Wildman–Crippen LogP) is -2.31. The number of aromatic amines is 1. The van der Waals surface area contributed by atoms with Gasteiger partial charge >= 0.3 is 5.97 Å². The van der Waals surface area contributed by atoms with Crippen LogP contribution in [0.15, 0.2) is 12.5 Å². The second kappa shape index (κ2) is 16.0. The molecule has 13 nitrogen and oxygen atoms in total. The molecular weight excluding hydrogens is 466 g/mol. The number of aliphatic carboxylic acids is 1. The second-order valence-electron chi connectivity index (χ2n) is 7.66. The number of aliphatic hydroxyl groups is 1. The van der Waals surface area contributed by atoms with Gasteiger partial charge < -0.3 is 42.6 Å². The van der Waals surface area contributed by atoms with Gasteiger partial charge in [0.05, 0.1) is 19.0 Å². The van der Waals surface area contributed by atoms with Crippen LogP contribution in [0.3, 0.4) is 0 Å². The van der Waals surface area contributed by atoms with E-state index in [1.807, 2.05) is 6.26 Å². The highest BCUT2D eigenvalue weighted by molar-refractivity contribution is 7.98. The Morgan fingerprint density at radius 1 is 1.06 bits per heavy atom. The lowest BCUT2D eigenvalue weighted by Crippen LogP contribution is -2.58. The average molecular weight is 502 g/mol. The Morgan fingerprint density at radius 3 is 2.26 bits per heavy atom. The third kappa shape index (κ3) is 10.5. The predicted molar refractivity (Wildman–Crippen MR) is 127 cm³/mol. The molecule has 1 aromatic heterocycles. The summed E-state index contributed by atoms with van der Waals surface area (Å²) in [6, 6.07) is -4.52. The smallest absolute Gasteiger partial charge is 0.326 e. The Bertz CT molecular complexity index is 779. The molecule has 0 saturated carbocycles. The van der Waals surface area contributed by atoms with Gasteiger partial charge in [-0.05, 0) is 37.8 Å². The van der Waals surface area contributed by atoms with Crippen molar-refractivity contribution in [3.05, 3.63) is 18.2 Å². The van der Waals surface area contributed by atoms with E-state index >= 15 is 0 Å². The average Bonchev–Trinajstić information content (AvgIpc) is 3.32. The fourth-order valence-electron chi connectivity index (χ4n) is 2.98. The van der Waals surface area contributed by atoms with Crippen LogP contribution in [0, 0.1) is 0 Å². The number of nitrogens with zero attached hydrogens (tertiary/aromatic N) is 1. The van der Waals surface area contributed by atoms with E-state index in [2.05, 4.69) is 25.9 Å². The Morgan fingerprint density at radius 2 is 1.71 bits per heavy atom. The molecule has 34 heavy (non-hydrogen) atoms. The van der Waals surface area contributed by atoms with Crippen molar-refractivity contribution in [2.24, 2.45) is 11.5 Å². The van der Waals surface area contributed by atoms with E-state index in [4.69, 9.17) is 11.5 Å². The summed E-state index contributed by atoms with van der Waals surface area (Å²) in [5, 5.41) is 26.3. The highest BCUT2D eigenvalue weighted by atomic mass is 32.2. The number of hydrogen-bond donors (Lipinski definition) is 8. The van der Waals surface area contributed by atoms with E-state index in [1.165, 1.54) is 24.3 Å². The molecular formula is C20H35N7O6S. The molecule has 4 unspecified atom stereocenters. The molecule has 1 heterocycles. The van der Waals surface area contributed by atoms with Crippen molar-refractivity contribution in [3.63, 3.8) is 0 Å². The monoisotopic (exact) mass is 501 g/mol. The largest absolute Gasteiger partial charge is 0.480 e. The summed E-state index contributed by atoms with van der Waals surface area (Å²) in [4.78, 5) is 55.9. The SMILES string of the molecule is CSCCC(NC(=O)C(N)CCCCN)C(=O)NC(CO)C(=O)NC(Cc1cnc[nH]1)C(=O)O. The molecule has 3 amide bonds. The molecule has 14 heteroatoms. The van der Waals surface area contributed by atoms with E-state index < -0.39 is 54.5 Å². The first-order chi connectivity index (χ1) is 16.2. The van der Waals surface area contributed by atoms with Gasteiger partial charge in [0, 0.05) is 18.3 Å². The van der Waals surface area contributed by atoms with Gasteiger partial charge in [-0.15, -0.1) is 0 Å². The van der Waals surface area contributed by atoms with Crippen LogP contribution in [0.5, 0.6) is 0 Å². The van der Waals surface area contributed by atoms with E-state index in [1.54, 1.807) is 0 Å². The van der Waals surface area contributed by atoms with Crippen molar-refractivity contribution >= 4 is 35.5 Å². The standard InChI is InChI=1S/C20H35N7O6S/c1-34-7-5-14(25-17(29)13(22)4-2-3-6-21)18(30)27-16(10-28)19(31)26-15(20(32)33)8-12-9-23-11-24-12/h9,11,13-16,28H,2-8,10,21-22H2,1H3,(H,23,24)(H,25,29)(H,26,31)(H,27,30)(H,32,33). The van der Waals surface area contributed by atoms with Crippen molar-refractivity contribution in [2.75, 3.05) is 25.2 Å². The Balaban J connectivity index is 2.77. The summed E-state index contributed by atoms with van der Waals surface area (Å²) < 4.78 is 0. The molecule has 1 rings (SSSR count). The molecule has 192 valence electrons. The number of rotatable bonds is 17. The van der Waals surface area contributed by atoms with Crippen LogP contribution >= 0.6 is 11.8 Å². The second-order valence-corrected chi connectivity index (χ2v) is 8.64. The van der Waals surface area contributed by atoms with Crippen LogP contribution in [-0.2, 0) is 25.6 Å². The van der Waals surface area contributed by atoms with Crippen molar-refractivity contribution in [3.8, 4) is 0 Å². The lowest BCUT2D eigenvalue weighted by atomic mass is 10.1. The fourth-order valence-corrected chi connectivity index (χ4v) is 3.45. The number of carboxylic acids is 1. The van der Waals surface area contributed by atoms with Gasteiger partial charge in [0.1, 0.15) is 18.1 Å². The Hall–Kier alpha value is -2.68. The summed E-state index contributed by atoms with van der Waals surface area (Å²) in [6.07, 6.45) is 6.64. The summed E-state index contributed by atoms with van der Waals surface area (Å²) in [5.41, 5.74) is 11.8. The zero-order valence-electron chi connectivity index (χ0n) is 19.2. The minimum absolute atomic E-state index is 0.0678. The van der Waals surface area contributed by atoms with Crippen LogP contribution in [0.25, 0.3) is 0 Å². The number of unbranched alkanes of at least 4 members (excludes halogenated alkanes) is 1. The van der Waals surface area contributed by atoms with Gasteiger partial charge in [-0.3, -0.25) is 14.4 Å². The molecule has 0 bridgehead atoms. The van der Waals surface area contributed by atoms with Gasteiger partial charge in [-0.25, -0.2) is 9.78 Å². The zero-order chi connectivity index (χ0) is 25.5. The first kappa shape index (κ1) is 29.4. The summed E-state index contributed by atoms with van der Waals surface area (Å²) >= 11 is 1.47. The van der Waals surface area contributed by atoms with Crippen LogP contribution in [0.2, 0.25) is 0 Å². The van der Waals surface area contributed by atoms with Gasteiger partial charge in [0.15, 0.2) is 0 Å². The highest BCUT2D eigenvalue weighted by Gasteiger charge is 2.30. The fraction of sp³-hybridized carbons (Fsp3) is 0.650. The van der Waals surface area contributed by atoms with Crippen molar-refractivity contribution in [1.29, 1.82) is 0 Å². The maximum Gasteiger partial charge on any atom is 0.326 e. The normalized spacial score (nSPS) is 14.5. The lowest BCUT2D eigenvalue weighted by Gasteiger charge is -2.24. The van der Waals surface area contributed by atoms with E-state index in [0.29, 0.717) is 30.8 Å². The number of thioether (sulfide) groups is 1. The number of aliphatic hydroxyl groups excluding tert-OH is 1. The van der Waals surface area contributed by atoms with Gasteiger partial charge in [0.25, 0.3) is 0 Å². The van der Waals surface area contributed by atoms with Crippen LogP contribution < -0.4 is 27.4 Å². The van der Waals surface area contributed by atoms with E-state index in [9.17, 15) is 29.4 Å². The number of imidazole rings is 1. The number of amides is 3. The minimum Gasteiger partial charge on any atom is -0.480 e. The molecule has 0 saturated heterocycles. The zero-order valence-corrected chi connectivity index (χ0v) is 20.0. The Kier molecular flexibility index (Phi) is 13.8. The maximum atomic E-state index is 12.8. The third-order valence-corrected chi connectivity index (χ3v) is 5.60. The van der Waals surface area contributed by atoms with E-state index in [-0.39, 0.29) is 12.8 Å². The van der Waals surface area contributed by atoms with Crippen molar-refractivity contribution in [1.82, 2.24) is 25.9 Å². The first-order valence-electron chi connectivity index (χ1n) is 10.9. The van der Waals surface area contributed by atoms with Crippen LogP contribution in [0.1, 0.15) is 31.4 Å². The van der Waals surface area contributed by atoms with Gasteiger partial charge in [0.2, 0.25) is 17.7 Å². The molecule has 0 aliphatic heterocycles. The topological polar surface area (TPSA) is 226 Å². The number of nitrogens with two attached hydrogens (primary N) is 2. The number of H-pyrrole nitrogens is 1. The van der Waals surface area contributed by atoms with Crippen LogP contribution in [0.4, 0.5) is 0 Å². The molecule has 0 aliphatic carbocycles. The lowest BCUT2D eigenvalue weighted by molar-refractivity contribution is -0.142. The van der Waals surface area contributed by atoms with E-state index in [0.717, 1.165) is 6.42 Å². The minimum atomic E-state index is -1.41. The summed E-state index contributed by atoms with van der Waals surface area (Å²) in [7, 11) is 0. The summed E-state index contributed by atoms with van der Waals surface area (Å²) in [6.45, 7) is -0.280. The molecule has 0 aliphatic rings. The molecule has 0 aromatic carbocycles. The van der Waals surface area contributed by atoms with Crippen molar-refractivity contribution in [2.45, 2.75) is 56.3 Å². The Labute approximate surface area is 202 Å². The maximum absolute atomic E-state index is 12.8. The molecule has 4 atom stereocenters. The third-order valence-electron chi connectivity index (χ3n) is 4.96. The number of nitrogens with one attached hydrogen (secondary N) is 4. The van der Waals surface area contributed by atoms with Crippen molar-refractivity contribution < 1.29 is 29.4 Å². The molecule has 0 radical (unpaired) electrons. The molecule has 10 N–H and O–H groups in total. The number of carbonyl (C=O) groups is 4. The van der Waals surface area contributed by atoms with Gasteiger partial charge in [-0.1, -0.05) is 6.42 Å². The van der Waals surface area contributed by atoms with Crippen LogP contribution in [-0.4, -0.2) is 93.2 Å². The highest BCUT2D eigenvalue weighted by Crippen LogP contribution is 2.05. The molecule has 1 aromatic rings. The number of carboxylic acid groups (broad SMARTS) is 1. The molecule has 0 fully saturated rings. The number of aromatic nitrogens is 2. The van der Waals surface area contributed by atoms with Gasteiger partial charge in [-0.2, -0.15) is 11.8 Å². The quantitative estimate of drug-likeness (QED) is 0.106. The first-order valence-corrected chi connectivity index (χ1v) is 12.3. The number of hydrogen-bond acceptors (Lipinski definition) is 9. The molecule has 0 spiro atoms. The number of carbonyl (C=O) groups excluding carboxylic acids is 3. The summed E-state index contributed by atoms with van der Waals surface area (Å²) in [5.74, 6) is -2.82.